The standard InChI is InChI=1S/C8H6NO2/c10-9(11)7-6-8-4-2-1-3-5-8/h2-7H/q+1/b7-6+. The average Bonchev–Trinajstić information content (AvgIpc) is 2.03. The number of rotatable bonds is 2. The van der Waals surface area contributed by atoms with E-state index in [2.05, 4.69) is 6.08 Å². The summed E-state index contributed by atoms with van der Waals surface area (Å²) in [6.45, 7) is 0. The summed E-state index contributed by atoms with van der Waals surface area (Å²) in [7, 11) is 0. The number of hydrogen-bond acceptors (Lipinski definition) is 2. The smallest absolute Gasteiger partial charge is 0.237 e. The first-order valence-corrected chi connectivity index (χ1v) is 3.07. The van der Waals surface area contributed by atoms with Crippen LogP contribution in [0.25, 0.3) is 0 Å². The lowest BCUT2D eigenvalue weighted by Crippen LogP contribution is -1.83. The summed E-state index contributed by atoms with van der Waals surface area (Å²) >= 11 is 0. The van der Waals surface area contributed by atoms with E-state index < -0.39 is 4.92 Å². The maximum atomic E-state index is 9.88. The largest absolute Gasteiger partial charge is 0.259 e. The van der Waals surface area contributed by atoms with Gasteiger partial charge in [-0.2, -0.15) is 0 Å². The van der Waals surface area contributed by atoms with Crippen LogP contribution in [0.15, 0.2) is 42.2 Å². The zero-order valence-electron chi connectivity index (χ0n) is 5.73. The van der Waals surface area contributed by atoms with E-state index in [0.717, 1.165) is 11.8 Å². The summed E-state index contributed by atoms with van der Waals surface area (Å²) in [5.74, 6) is 0. The zero-order valence-corrected chi connectivity index (χ0v) is 5.73. The highest BCUT2D eigenvalue weighted by atomic mass is 16.6. The third-order valence-corrected chi connectivity index (χ3v) is 1.13. The third-order valence-electron chi connectivity index (χ3n) is 1.13. The Morgan fingerprint density at radius 2 is 2.45 bits per heavy atom. The predicted molar refractivity (Wildman–Crippen MR) is 41.2 cm³/mol. The monoisotopic (exact) mass is 148 g/mol. The minimum Gasteiger partial charge on any atom is -0.259 e. The van der Waals surface area contributed by atoms with Crippen LogP contribution in [-0.2, 0) is 0 Å². The Morgan fingerprint density at radius 1 is 1.64 bits per heavy atom. The van der Waals surface area contributed by atoms with Crippen molar-refractivity contribution in [1.82, 2.24) is 0 Å². The van der Waals surface area contributed by atoms with E-state index in [1.54, 1.807) is 24.3 Å². The van der Waals surface area contributed by atoms with Gasteiger partial charge in [0.15, 0.2) is 0 Å². The van der Waals surface area contributed by atoms with Gasteiger partial charge < -0.3 is 0 Å². The van der Waals surface area contributed by atoms with Gasteiger partial charge in [0, 0.05) is 12.2 Å². The second-order valence-corrected chi connectivity index (χ2v) is 1.93. The molecular formula is C8H6NO2+. The summed E-state index contributed by atoms with van der Waals surface area (Å²) in [5.41, 5.74) is 0.806. The van der Waals surface area contributed by atoms with E-state index in [4.69, 9.17) is 0 Å². The molecule has 0 saturated carbocycles. The molecule has 0 aromatic carbocycles. The third kappa shape index (κ3) is 2.56. The Labute approximate surface area is 64.2 Å². The fraction of sp³-hybridized carbons (Fsp3) is 0. The molecule has 0 aromatic rings. The number of allylic oxidation sites excluding steroid dienone is 7. The van der Waals surface area contributed by atoms with Gasteiger partial charge in [-0.3, -0.25) is 10.1 Å². The van der Waals surface area contributed by atoms with E-state index in [1.165, 1.54) is 6.08 Å². The van der Waals surface area contributed by atoms with E-state index in [9.17, 15) is 10.1 Å². The highest BCUT2D eigenvalue weighted by molar-refractivity contribution is 5.37. The molecule has 0 spiro atoms. The number of hydrogen-bond donors (Lipinski definition) is 0. The summed E-state index contributed by atoms with van der Waals surface area (Å²) in [5, 5.41) is 9.88. The molecule has 0 unspecified atom stereocenters. The molecule has 0 radical (unpaired) electrons. The van der Waals surface area contributed by atoms with Crippen LogP contribution in [0.3, 0.4) is 0 Å². The molecule has 1 aliphatic carbocycles. The molecule has 0 amide bonds. The van der Waals surface area contributed by atoms with Crippen molar-refractivity contribution in [3.63, 3.8) is 0 Å². The normalized spacial score (nSPS) is 14.7. The van der Waals surface area contributed by atoms with E-state index >= 15 is 0 Å². The van der Waals surface area contributed by atoms with Gasteiger partial charge in [0.05, 0.1) is 22.6 Å². The van der Waals surface area contributed by atoms with Crippen molar-refractivity contribution < 1.29 is 4.92 Å². The van der Waals surface area contributed by atoms with Gasteiger partial charge in [-0.25, -0.2) is 0 Å². The van der Waals surface area contributed by atoms with E-state index in [0.29, 0.717) is 0 Å². The highest BCUT2D eigenvalue weighted by Crippen LogP contribution is 2.03. The highest BCUT2D eigenvalue weighted by Gasteiger charge is 1.98. The van der Waals surface area contributed by atoms with Crippen LogP contribution in [0.4, 0.5) is 0 Å². The first-order valence-electron chi connectivity index (χ1n) is 3.07. The van der Waals surface area contributed by atoms with E-state index in [-0.39, 0.29) is 0 Å². The van der Waals surface area contributed by atoms with Gasteiger partial charge in [0.25, 0.3) is 0 Å². The van der Waals surface area contributed by atoms with Crippen molar-refractivity contribution in [1.29, 1.82) is 0 Å². The van der Waals surface area contributed by atoms with Gasteiger partial charge in [0.1, 0.15) is 12.2 Å². The quantitative estimate of drug-likeness (QED) is 0.339. The summed E-state index contributed by atoms with van der Waals surface area (Å²) in [6.07, 6.45) is 12.1. The van der Waals surface area contributed by atoms with Crippen LogP contribution < -0.4 is 0 Å². The molecule has 54 valence electrons. The van der Waals surface area contributed by atoms with Gasteiger partial charge in [-0.05, 0) is 0 Å². The second-order valence-electron chi connectivity index (χ2n) is 1.93. The number of nitro groups is 1. The average molecular weight is 148 g/mol. The summed E-state index contributed by atoms with van der Waals surface area (Å²) < 4.78 is 0. The van der Waals surface area contributed by atoms with Gasteiger partial charge in [-0.15, -0.1) is 0 Å². The molecule has 0 N–H and O–H groups in total. The van der Waals surface area contributed by atoms with Gasteiger partial charge in [-0.1, -0.05) is 0 Å². The Kier molecular flexibility index (Phi) is 2.31. The Morgan fingerprint density at radius 3 is 3.00 bits per heavy atom. The fourth-order valence-electron chi connectivity index (χ4n) is 0.658. The van der Waals surface area contributed by atoms with E-state index in [1.807, 2.05) is 0 Å². The molecule has 0 fully saturated rings. The Hall–Kier alpha value is -1.73. The molecule has 0 saturated heterocycles. The van der Waals surface area contributed by atoms with Crippen LogP contribution >= 0.6 is 0 Å². The Balaban J connectivity index is 2.64. The molecular weight excluding hydrogens is 142 g/mol. The van der Waals surface area contributed by atoms with Crippen LogP contribution in [0, 0.1) is 16.2 Å². The van der Waals surface area contributed by atoms with Gasteiger partial charge >= 0.3 is 0 Å². The van der Waals surface area contributed by atoms with Crippen LogP contribution in [0.5, 0.6) is 0 Å². The van der Waals surface area contributed by atoms with Crippen molar-refractivity contribution in [3.05, 3.63) is 58.3 Å². The van der Waals surface area contributed by atoms with Crippen LogP contribution in [0.1, 0.15) is 0 Å². The maximum Gasteiger partial charge on any atom is 0.237 e. The van der Waals surface area contributed by atoms with Crippen LogP contribution in [0.2, 0.25) is 0 Å². The molecule has 3 heteroatoms. The molecule has 0 aliphatic heterocycles. The predicted octanol–water partition coefficient (Wildman–Crippen LogP) is 1.63. The van der Waals surface area contributed by atoms with Crippen molar-refractivity contribution in [3.8, 4) is 0 Å². The summed E-state index contributed by atoms with van der Waals surface area (Å²) in [6, 6.07) is 0. The molecule has 1 rings (SSSR count). The molecule has 0 bridgehead atoms. The minimum atomic E-state index is -0.489. The SMILES string of the molecule is O=[N+]([O-])/C=C/C1=CC=[C+]C=C1. The van der Waals surface area contributed by atoms with Crippen molar-refractivity contribution in [2.45, 2.75) is 0 Å². The lowest BCUT2D eigenvalue weighted by Gasteiger charge is -1.82. The summed E-state index contributed by atoms with van der Waals surface area (Å²) in [4.78, 5) is 9.39. The first kappa shape index (κ1) is 7.38. The maximum absolute atomic E-state index is 9.88. The fourth-order valence-corrected chi connectivity index (χ4v) is 0.658. The molecule has 0 heterocycles. The second kappa shape index (κ2) is 3.44. The van der Waals surface area contributed by atoms with Gasteiger partial charge in [0.2, 0.25) is 6.20 Å². The first-order chi connectivity index (χ1) is 5.29. The molecule has 1 aliphatic rings. The molecule has 3 nitrogen and oxygen atoms in total. The number of nitrogens with zero attached hydrogens (tertiary/aromatic N) is 1. The minimum absolute atomic E-state index is 0.489. The lowest BCUT2D eigenvalue weighted by molar-refractivity contribution is -0.402. The zero-order chi connectivity index (χ0) is 8.10. The molecule has 0 aromatic heterocycles. The molecule has 0 atom stereocenters. The van der Waals surface area contributed by atoms with Crippen molar-refractivity contribution in [2.75, 3.05) is 0 Å². The van der Waals surface area contributed by atoms with Crippen LogP contribution in [-0.4, -0.2) is 4.92 Å². The Bertz CT molecular complexity index is 272. The lowest BCUT2D eigenvalue weighted by atomic mass is 10.1. The topological polar surface area (TPSA) is 43.1 Å². The van der Waals surface area contributed by atoms with Crippen molar-refractivity contribution in [2.24, 2.45) is 0 Å². The molecule has 11 heavy (non-hydrogen) atoms. The van der Waals surface area contributed by atoms with Crippen molar-refractivity contribution >= 4 is 0 Å².